The standard InChI is InChI=1S/C16H17N3O2/c20-15-11-12(7-8-17-15)16(21)18-13-3-5-14(6-4-13)19-9-1-2-10-19/h3-8,11H,1-2,9-10H2,(H,17,20)(H,18,21). The number of hydrogen-bond acceptors (Lipinski definition) is 3. The van der Waals surface area contributed by atoms with Crippen LogP contribution in [0.25, 0.3) is 0 Å². The van der Waals surface area contributed by atoms with Gasteiger partial charge in [-0.1, -0.05) is 0 Å². The SMILES string of the molecule is O=C(Nc1ccc(N2CCCC2)cc1)c1cc[nH]c(=O)c1. The zero-order valence-electron chi connectivity index (χ0n) is 11.6. The Hall–Kier alpha value is -2.56. The van der Waals surface area contributed by atoms with Crippen molar-refractivity contribution in [2.75, 3.05) is 23.3 Å². The molecule has 1 aromatic carbocycles. The summed E-state index contributed by atoms with van der Waals surface area (Å²) in [5.41, 5.74) is 1.97. The van der Waals surface area contributed by atoms with Crippen LogP contribution in [0.5, 0.6) is 0 Å². The summed E-state index contributed by atoms with van der Waals surface area (Å²) in [4.78, 5) is 28.1. The van der Waals surface area contributed by atoms with Crippen molar-refractivity contribution in [3.63, 3.8) is 0 Å². The van der Waals surface area contributed by atoms with Gasteiger partial charge in [0.25, 0.3) is 5.91 Å². The molecule has 1 aliphatic rings. The average Bonchev–Trinajstić information content (AvgIpc) is 3.02. The van der Waals surface area contributed by atoms with Crippen molar-refractivity contribution in [1.82, 2.24) is 4.98 Å². The van der Waals surface area contributed by atoms with Crippen molar-refractivity contribution < 1.29 is 4.79 Å². The molecule has 0 saturated carbocycles. The minimum Gasteiger partial charge on any atom is -0.372 e. The fraction of sp³-hybridized carbons (Fsp3) is 0.250. The number of nitrogens with zero attached hydrogens (tertiary/aromatic N) is 1. The first-order chi connectivity index (χ1) is 10.2. The zero-order valence-corrected chi connectivity index (χ0v) is 11.6. The molecule has 1 amide bonds. The zero-order chi connectivity index (χ0) is 14.7. The predicted molar refractivity (Wildman–Crippen MR) is 82.9 cm³/mol. The van der Waals surface area contributed by atoms with Crippen LogP contribution in [0.4, 0.5) is 11.4 Å². The molecular formula is C16H17N3O2. The van der Waals surface area contributed by atoms with E-state index in [4.69, 9.17) is 0 Å². The number of nitrogens with one attached hydrogen (secondary N) is 2. The fourth-order valence-corrected chi connectivity index (χ4v) is 2.52. The molecule has 1 aromatic heterocycles. The van der Waals surface area contributed by atoms with E-state index in [9.17, 15) is 9.59 Å². The van der Waals surface area contributed by atoms with E-state index in [1.165, 1.54) is 30.8 Å². The van der Waals surface area contributed by atoms with Crippen LogP contribution in [-0.4, -0.2) is 24.0 Å². The summed E-state index contributed by atoms with van der Waals surface area (Å²) in [6.45, 7) is 2.19. The Morgan fingerprint density at radius 2 is 1.81 bits per heavy atom. The molecule has 0 atom stereocenters. The first-order valence-corrected chi connectivity index (χ1v) is 7.07. The van der Waals surface area contributed by atoms with Crippen molar-refractivity contribution in [1.29, 1.82) is 0 Å². The largest absolute Gasteiger partial charge is 0.372 e. The minimum atomic E-state index is -0.285. The maximum Gasteiger partial charge on any atom is 0.255 e. The van der Waals surface area contributed by atoms with Gasteiger partial charge >= 0.3 is 0 Å². The summed E-state index contributed by atoms with van der Waals surface area (Å²) >= 11 is 0. The van der Waals surface area contributed by atoms with Crippen molar-refractivity contribution >= 4 is 17.3 Å². The molecule has 21 heavy (non-hydrogen) atoms. The molecule has 3 rings (SSSR count). The number of rotatable bonds is 3. The molecule has 0 spiro atoms. The normalized spacial score (nSPS) is 14.2. The lowest BCUT2D eigenvalue weighted by atomic mass is 10.2. The van der Waals surface area contributed by atoms with E-state index in [2.05, 4.69) is 15.2 Å². The van der Waals surface area contributed by atoms with Crippen LogP contribution < -0.4 is 15.8 Å². The van der Waals surface area contributed by atoms with Crippen molar-refractivity contribution in [2.45, 2.75) is 12.8 Å². The summed E-state index contributed by atoms with van der Waals surface area (Å²) in [5, 5.41) is 2.79. The minimum absolute atomic E-state index is 0.282. The van der Waals surface area contributed by atoms with Crippen molar-refractivity contribution in [3.05, 3.63) is 58.5 Å². The van der Waals surface area contributed by atoms with Crippen LogP contribution in [0.3, 0.4) is 0 Å². The van der Waals surface area contributed by atoms with Crippen LogP contribution in [0, 0.1) is 0 Å². The van der Waals surface area contributed by atoms with Crippen LogP contribution in [0.1, 0.15) is 23.2 Å². The number of H-pyrrole nitrogens is 1. The van der Waals surface area contributed by atoms with Gasteiger partial charge in [-0.15, -0.1) is 0 Å². The molecule has 5 nitrogen and oxygen atoms in total. The Morgan fingerprint density at radius 3 is 2.48 bits per heavy atom. The lowest BCUT2D eigenvalue weighted by Gasteiger charge is -2.17. The molecule has 0 unspecified atom stereocenters. The summed E-state index contributed by atoms with van der Waals surface area (Å²) in [6.07, 6.45) is 3.94. The number of benzene rings is 1. The van der Waals surface area contributed by atoms with E-state index in [0.717, 1.165) is 18.8 Å². The van der Waals surface area contributed by atoms with Crippen molar-refractivity contribution in [2.24, 2.45) is 0 Å². The Bertz CT molecular complexity index is 685. The molecule has 1 saturated heterocycles. The Balaban J connectivity index is 1.70. The molecule has 2 aromatic rings. The van der Waals surface area contributed by atoms with Gasteiger partial charge in [0, 0.05) is 42.3 Å². The maximum absolute atomic E-state index is 12.0. The van der Waals surface area contributed by atoms with E-state index in [0.29, 0.717) is 5.56 Å². The summed E-state index contributed by atoms with van der Waals surface area (Å²) < 4.78 is 0. The lowest BCUT2D eigenvalue weighted by molar-refractivity contribution is 0.102. The van der Waals surface area contributed by atoms with Crippen LogP contribution >= 0.6 is 0 Å². The van der Waals surface area contributed by atoms with Crippen molar-refractivity contribution in [3.8, 4) is 0 Å². The Morgan fingerprint density at radius 1 is 1.10 bits per heavy atom. The van der Waals surface area contributed by atoms with Gasteiger partial charge in [-0.05, 0) is 43.2 Å². The van der Waals surface area contributed by atoms with Gasteiger partial charge in [0.05, 0.1) is 0 Å². The second-order valence-electron chi connectivity index (χ2n) is 5.14. The molecule has 2 N–H and O–H groups in total. The molecule has 108 valence electrons. The molecule has 1 aliphatic heterocycles. The van der Waals surface area contributed by atoms with E-state index >= 15 is 0 Å². The Labute approximate surface area is 122 Å². The van der Waals surface area contributed by atoms with Gasteiger partial charge in [0.2, 0.25) is 5.56 Å². The molecule has 1 fully saturated rings. The number of aromatic nitrogens is 1. The van der Waals surface area contributed by atoms with Gasteiger partial charge in [-0.2, -0.15) is 0 Å². The average molecular weight is 283 g/mol. The molecule has 5 heteroatoms. The third kappa shape index (κ3) is 3.13. The quantitative estimate of drug-likeness (QED) is 0.908. The molecule has 0 bridgehead atoms. The lowest BCUT2D eigenvalue weighted by Crippen LogP contribution is -2.18. The fourth-order valence-electron chi connectivity index (χ4n) is 2.52. The third-order valence-electron chi connectivity index (χ3n) is 3.63. The highest BCUT2D eigenvalue weighted by Crippen LogP contribution is 2.22. The van der Waals surface area contributed by atoms with Crippen LogP contribution in [0.15, 0.2) is 47.4 Å². The monoisotopic (exact) mass is 283 g/mol. The number of aromatic amines is 1. The van der Waals surface area contributed by atoms with Gasteiger partial charge in [0.1, 0.15) is 0 Å². The summed E-state index contributed by atoms with van der Waals surface area (Å²) in [7, 11) is 0. The number of amides is 1. The number of hydrogen-bond donors (Lipinski definition) is 2. The summed E-state index contributed by atoms with van der Waals surface area (Å²) in [6, 6.07) is 10.7. The first-order valence-electron chi connectivity index (χ1n) is 7.07. The highest BCUT2D eigenvalue weighted by molar-refractivity contribution is 6.04. The molecule has 0 radical (unpaired) electrons. The van der Waals surface area contributed by atoms with E-state index in [-0.39, 0.29) is 11.5 Å². The van der Waals surface area contributed by atoms with E-state index in [1.54, 1.807) is 6.07 Å². The smallest absolute Gasteiger partial charge is 0.255 e. The molecular weight excluding hydrogens is 266 g/mol. The highest BCUT2D eigenvalue weighted by atomic mass is 16.2. The topological polar surface area (TPSA) is 65.2 Å². The van der Waals surface area contributed by atoms with E-state index < -0.39 is 0 Å². The molecule has 2 heterocycles. The second kappa shape index (κ2) is 5.83. The predicted octanol–water partition coefficient (Wildman–Crippen LogP) is 2.23. The van der Waals surface area contributed by atoms with Gasteiger partial charge in [-0.25, -0.2) is 0 Å². The van der Waals surface area contributed by atoms with Gasteiger partial charge in [-0.3, -0.25) is 9.59 Å². The summed E-state index contributed by atoms with van der Waals surface area (Å²) in [5.74, 6) is -0.282. The highest BCUT2D eigenvalue weighted by Gasteiger charge is 2.12. The first kappa shape index (κ1) is 13.4. The third-order valence-corrected chi connectivity index (χ3v) is 3.63. The van der Waals surface area contributed by atoms with Crippen LogP contribution in [0.2, 0.25) is 0 Å². The Kier molecular flexibility index (Phi) is 3.73. The number of carbonyl (C=O) groups is 1. The van der Waals surface area contributed by atoms with Gasteiger partial charge in [0.15, 0.2) is 0 Å². The number of carbonyl (C=O) groups excluding carboxylic acids is 1. The second-order valence-corrected chi connectivity index (χ2v) is 5.14. The van der Waals surface area contributed by atoms with E-state index in [1.807, 2.05) is 24.3 Å². The maximum atomic E-state index is 12.0. The van der Waals surface area contributed by atoms with Crippen LogP contribution in [-0.2, 0) is 0 Å². The number of anilines is 2. The molecule has 0 aliphatic carbocycles. The van der Waals surface area contributed by atoms with Gasteiger partial charge < -0.3 is 15.2 Å². The number of pyridine rings is 1.